The molecule has 2 fully saturated rings. The molecule has 0 aromatic heterocycles. The van der Waals surface area contributed by atoms with Gasteiger partial charge in [0, 0.05) is 5.92 Å². The lowest BCUT2D eigenvalue weighted by Gasteiger charge is -2.33. The van der Waals surface area contributed by atoms with Crippen LogP contribution in [0.1, 0.15) is 43.7 Å². The molecule has 1 heterocycles. The van der Waals surface area contributed by atoms with Crippen molar-refractivity contribution in [3.05, 3.63) is 35.4 Å². The molecule has 4 unspecified atom stereocenters. The minimum absolute atomic E-state index is 0.117. The summed E-state index contributed by atoms with van der Waals surface area (Å²) in [6.45, 7) is 4.70. The highest BCUT2D eigenvalue weighted by atomic mass is 16.6. The van der Waals surface area contributed by atoms with Crippen LogP contribution in [0, 0.1) is 12.8 Å². The smallest absolute Gasteiger partial charge is 0.325 e. The first kappa shape index (κ1) is 19.3. The Kier molecular flexibility index (Phi) is 6.68. The number of carbonyl (C=O) groups excluding carboxylic acids is 1. The quantitative estimate of drug-likeness (QED) is 0.835. The van der Waals surface area contributed by atoms with Crippen molar-refractivity contribution in [3.63, 3.8) is 0 Å². The van der Waals surface area contributed by atoms with E-state index >= 15 is 0 Å². The van der Waals surface area contributed by atoms with Gasteiger partial charge in [0.25, 0.3) is 0 Å². The highest BCUT2D eigenvalue weighted by Crippen LogP contribution is 2.29. The molecule has 1 aromatic rings. The fraction of sp³-hybridized carbons (Fsp3) is 0.667. The molecule has 1 aliphatic carbocycles. The highest BCUT2D eigenvalue weighted by molar-refractivity contribution is 5.75. The molecule has 0 spiro atoms. The summed E-state index contributed by atoms with van der Waals surface area (Å²) in [5, 5.41) is 0. The molecule has 3 rings (SSSR count). The summed E-state index contributed by atoms with van der Waals surface area (Å²) in [4.78, 5) is 12.1. The van der Waals surface area contributed by atoms with Crippen LogP contribution in [0.5, 0.6) is 0 Å². The van der Waals surface area contributed by atoms with Gasteiger partial charge < -0.3 is 19.9 Å². The van der Waals surface area contributed by atoms with Crippen LogP contribution in [0.2, 0.25) is 0 Å². The van der Waals surface area contributed by atoms with Crippen LogP contribution >= 0.6 is 0 Å². The van der Waals surface area contributed by atoms with Gasteiger partial charge in [-0.2, -0.15) is 0 Å². The summed E-state index contributed by atoms with van der Waals surface area (Å²) in [6.07, 6.45) is 5.11. The van der Waals surface area contributed by atoms with Crippen LogP contribution in [0.25, 0.3) is 0 Å². The molecule has 2 aliphatic rings. The third-order valence-electron chi connectivity index (χ3n) is 5.43. The van der Waals surface area contributed by atoms with E-state index in [0.717, 1.165) is 19.3 Å². The Morgan fingerprint density at radius 3 is 2.54 bits per heavy atom. The van der Waals surface area contributed by atoms with Gasteiger partial charge in [-0.15, -0.1) is 0 Å². The lowest BCUT2D eigenvalue weighted by molar-refractivity contribution is -0.163. The molecule has 4 atom stereocenters. The van der Waals surface area contributed by atoms with Crippen molar-refractivity contribution in [1.29, 1.82) is 0 Å². The average Bonchev–Trinajstić information content (AvgIpc) is 3.13. The van der Waals surface area contributed by atoms with Crippen molar-refractivity contribution in [1.82, 2.24) is 0 Å². The highest BCUT2D eigenvalue weighted by Gasteiger charge is 2.36. The van der Waals surface area contributed by atoms with E-state index in [0.29, 0.717) is 6.61 Å². The number of hydrogen-bond donors (Lipinski definition) is 1. The summed E-state index contributed by atoms with van der Waals surface area (Å²) < 4.78 is 17.9. The van der Waals surface area contributed by atoms with E-state index in [4.69, 9.17) is 19.9 Å². The lowest BCUT2D eigenvalue weighted by atomic mass is 9.91. The number of hydrogen-bond acceptors (Lipinski definition) is 5. The first-order valence-corrected chi connectivity index (χ1v) is 9.77. The molecule has 144 valence electrons. The third-order valence-corrected chi connectivity index (χ3v) is 5.43. The zero-order chi connectivity index (χ0) is 18.5. The van der Waals surface area contributed by atoms with Crippen LogP contribution in [0.15, 0.2) is 24.3 Å². The summed E-state index contributed by atoms with van der Waals surface area (Å²) in [5.74, 6) is -0.292. The van der Waals surface area contributed by atoms with Crippen molar-refractivity contribution < 1.29 is 19.0 Å². The molecule has 5 nitrogen and oxygen atoms in total. The average molecular weight is 361 g/mol. The predicted molar refractivity (Wildman–Crippen MR) is 99.9 cm³/mol. The van der Waals surface area contributed by atoms with E-state index < -0.39 is 12.0 Å². The molecule has 26 heavy (non-hydrogen) atoms. The Hall–Kier alpha value is -1.43. The van der Waals surface area contributed by atoms with Crippen molar-refractivity contribution in [2.45, 2.75) is 70.3 Å². The van der Waals surface area contributed by atoms with E-state index in [1.165, 1.54) is 24.0 Å². The van der Waals surface area contributed by atoms with E-state index in [2.05, 4.69) is 31.2 Å². The van der Waals surface area contributed by atoms with E-state index in [9.17, 15) is 4.79 Å². The Balaban J connectivity index is 1.79. The SMILES string of the molecule is Cc1ccc(CC2COCC(N)C(=O)OC(C)C2OC2CCCC2)cc1. The minimum Gasteiger partial charge on any atom is -0.459 e. The Bertz CT molecular complexity index is 582. The summed E-state index contributed by atoms with van der Waals surface area (Å²) in [5.41, 5.74) is 8.35. The van der Waals surface area contributed by atoms with Gasteiger partial charge >= 0.3 is 5.97 Å². The first-order valence-electron chi connectivity index (χ1n) is 9.77. The number of benzene rings is 1. The predicted octanol–water partition coefficient (Wildman–Crippen LogP) is 2.77. The number of aryl methyl sites for hydroxylation is 1. The standard InChI is InChI=1S/C21H31NO4/c1-14-7-9-16(10-8-14)11-17-12-24-13-19(22)21(23)25-15(2)20(17)26-18-5-3-4-6-18/h7-10,15,17-20H,3-6,11-13,22H2,1-2H3. The number of carbonyl (C=O) groups is 1. The van der Waals surface area contributed by atoms with Crippen LogP contribution < -0.4 is 5.73 Å². The maximum absolute atomic E-state index is 12.1. The fourth-order valence-corrected chi connectivity index (χ4v) is 3.90. The van der Waals surface area contributed by atoms with E-state index in [1.807, 2.05) is 6.92 Å². The monoisotopic (exact) mass is 361 g/mol. The second-order valence-electron chi connectivity index (χ2n) is 7.74. The van der Waals surface area contributed by atoms with Crippen molar-refractivity contribution in [3.8, 4) is 0 Å². The number of ether oxygens (including phenoxy) is 3. The molecule has 0 bridgehead atoms. The molecule has 1 aromatic carbocycles. The van der Waals surface area contributed by atoms with Crippen LogP contribution in [0.4, 0.5) is 0 Å². The van der Waals surface area contributed by atoms with Gasteiger partial charge in [0.15, 0.2) is 0 Å². The fourth-order valence-electron chi connectivity index (χ4n) is 3.90. The molecule has 0 amide bonds. The van der Waals surface area contributed by atoms with Gasteiger partial charge in [0.05, 0.1) is 25.4 Å². The maximum Gasteiger partial charge on any atom is 0.325 e. The zero-order valence-corrected chi connectivity index (χ0v) is 15.9. The molecular weight excluding hydrogens is 330 g/mol. The maximum atomic E-state index is 12.1. The Morgan fingerprint density at radius 1 is 1.15 bits per heavy atom. The van der Waals surface area contributed by atoms with Gasteiger partial charge in [-0.3, -0.25) is 4.79 Å². The molecular formula is C21H31NO4. The van der Waals surface area contributed by atoms with Crippen molar-refractivity contribution in [2.75, 3.05) is 13.2 Å². The Labute approximate surface area is 156 Å². The van der Waals surface area contributed by atoms with Gasteiger partial charge in [-0.1, -0.05) is 42.7 Å². The molecule has 1 saturated heterocycles. The zero-order valence-electron chi connectivity index (χ0n) is 15.9. The van der Waals surface area contributed by atoms with Gasteiger partial charge in [-0.25, -0.2) is 0 Å². The molecule has 2 N–H and O–H groups in total. The van der Waals surface area contributed by atoms with Crippen LogP contribution in [0.3, 0.4) is 0 Å². The topological polar surface area (TPSA) is 70.8 Å². The molecule has 1 aliphatic heterocycles. The van der Waals surface area contributed by atoms with Crippen molar-refractivity contribution in [2.24, 2.45) is 11.7 Å². The van der Waals surface area contributed by atoms with Gasteiger partial charge in [0.2, 0.25) is 0 Å². The molecule has 5 heteroatoms. The number of cyclic esters (lactones) is 1. The minimum atomic E-state index is -0.734. The second-order valence-corrected chi connectivity index (χ2v) is 7.74. The van der Waals surface area contributed by atoms with Gasteiger partial charge in [-0.05, 0) is 38.7 Å². The molecule has 1 saturated carbocycles. The summed E-state index contributed by atoms with van der Waals surface area (Å²) in [7, 11) is 0. The normalized spacial score (nSPS) is 31.1. The second kappa shape index (κ2) is 8.98. The molecule has 0 radical (unpaired) electrons. The largest absolute Gasteiger partial charge is 0.459 e. The van der Waals surface area contributed by atoms with E-state index in [-0.39, 0.29) is 30.8 Å². The van der Waals surface area contributed by atoms with Crippen LogP contribution in [-0.4, -0.2) is 43.5 Å². The van der Waals surface area contributed by atoms with Gasteiger partial charge in [0.1, 0.15) is 12.1 Å². The van der Waals surface area contributed by atoms with E-state index in [1.54, 1.807) is 0 Å². The summed E-state index contributed by atoms with van der Waals surface area (Å²) in [6, 6.07) is 7.81. The lowest BCUT2D eigenvalue weighted by Crippen LogP contribution is -2.43. The summed E-state index contributed by atoms with van der Waals surface area (Å²) >= 11 is 0. The first-order chi connectivity index (χ1) is 12.5. The number of esters is 1. The number of nitrogens with two attached hydrogens (primary N) is 1. The number of rotatable bonds is 4. The third kappa shape index (κ3) is 5.06. The Morgan fingerprint density at radius 2 is 1.85 bits per heavy atom. The van der Waals surface area contributed by atoms with Crippen LogP contribution in [-0.2, 0) is 25.4 Å². The van der Waals surface area contributed by atoms with Crippen molar-refractivity contribution >= 4 is 5.97 Å².